The van der Waals surface area contributed by atoms with Gasteiger partial charge in [-0.25, -0.2) is 9.37 Å². The molecule has 1 amide bonds. The molecule has 7 nitrogen and oxygen atoms in total. The van der Waals surface area contributed by atoms with Crippen LogP contribution in [0.3, 0.4) is 0 Å². The van der Waals surface area contributed by atoms with Gasteiger partial charge in [-0.15, -0.1) is 0 Å². The molecule has 1 aromatic carbocycles. The Morgan fingerprint density at radius 3 is 2.78 bits per heavy atom. The molecule has 0 radical (unpaired) electrons. The number of benzene rings is 1. The molecule has 0 fully saturated rings. The smallest absolute Gasteiger partial charge is 0.294 e. The summed E-state index contributed by atoms with van der Waals surface area (Å²) < 4.78 is 22.2. The summed E-state index contributed by atoms with van der Waals surface area (Å²) in [6.45, 7) is 2.57. The van der Waals surface area contributed by atoms with E-state index in [2.05, 4.69) is 10.3 Å². The van der Waals surface area contributed by atoms with Gasteiger partial charge in [-0.2, -0.15) is 0 Å². The van der Waals surface area contributed by atoms with Crippen molar-refractivity contribution in [3.05, 3.63) is 52.5 Å². The highest BCUT2D eigenvalue weighted by Crippen LogP contribution is 2.25. The third-order valence-electron chi connectivity index (χ3n) is 4.35. The molecule has 8 heteroatoms. The number of nitrogens with zero attached hydrogens (tertiary/aromatic N) is 3. The van der Waals surface area contributed by atoms with Crippen LogP contribution in [0.2, 0.25) is 0 Å². The average molecular weight is 372 g/mol. The lowest BCUT2D eigenvalue weighted by molar-refractivity contribution is 0.0949. The Balaban J connectivity index is 2.05. The number of amides is 1. The molecule has 0 saturated carbocycles. The maximum atomic E-state index is 14.5. The van der Waals surface area contributed by atoms with Crippen molar-refractivity contribution >= 4 is 11.6 Å². The molecule has 0 bridgehead atoms. The molecular weight excluding hydrogens is 351 g/mol. The van der Waals surface area contributed by atoms with Gasteiger partial charge in [0.25, 0.3) is 11.5 Å². The van der Waals surface area contributed by atoms with Crippen LogP contribution in [-0.2, 0) is 7.05 Å². The molecule has 2 heterocycles. The summed E-state index contributed by atoms with van der Waals surface area (Å²) >= 11 is 0. The van der Waals surface area contributed by atoms with Crippen LogP contribution >= 0.6 is 0 Å². The van der Waals surface area contributed by atoms with E-state index < -0.39 is 11.4 Å². The molecule has 0 saturated heterocycles. The van der Waals surface area contributed by atoms with Crippen LogP contribution in [0.5, 0.6) is 5.75 Å². The highest BCUT2D eigenvalue weighted by Gasteiger charge is 2.17. The Kier molecular flexibility index (Phi) is 5.25. The van der Waals surface area contributed by atoms with Gasteiger partial charge in [0.15, 0.2) is 0 Å². The third kappa shape index (κ3) is 3.55. The van der Waals surface area contributed by atoms with E-state index >= 15 is 0 Å². The first-order valence-electron chi connectivity index (χ1n) is 8.67. The number of hydrogen-bond donors (Lipinski definition) is 1. The fourth-order valence-electron chi connectivity index (χ4n) is 2.79. The Morgan fingerprint density at radius 2 is 2.11 bits per heavy atom. The Hall–Kier alpha value is -3.16. The maximum absolute atomic E-state index is 14.5. The van der Waals surface area contributed by atoms with Gasteiger partial charge in [-0.1, -0.05) is 13.3 Å². The molecule has 0 atom stereocenters. The van der Waals surface area contributed by atoms with Crippen molar-refractivity contribution in [2.24, 2.45) is 7.05 Å². The van der Waals surface area contributed by atoms with Crippen molar-refractivity contribution < 1.29 is 13.9 Å². The molecule has 0 aliphatic heterocycles. The second kappa shape index (κ2) is 7.61. The number of nitrogens with one attached hydrogen (secondary N) is 1. The van der Waals surface area contributed by atoms with Crippen molar-refractivity contribution in [1.29, 1.82) is 0 Å². The molecule has 3 rings (SSSR count). The molecular formula is C19H21FN4O3. The quantitative estimate of drug-likeness (QED) is 0.674. The van der Waals surface area contributed by atoms with Crippen molar-refractivity contribution in [2.75, 3.05) is 13.7 Å². The molecule has 27 heavy (non-hydrogen) atoms. The second-order valence-electron chi connectivity index (χ2n) is 6.19. The van der Waals surface area contributed by atoms with E-state index in [1.807, 2.05) is 6.92 Å². The molecule has 142 valence electrons. The minimum absolute atomic E-state index is 0.107. The number of hydrogen-bond acceptors (Lipinski definition) is 4. The summed E-state index contributed by atoms with van der Waals surface area (Å²) in [5.41, 5.74) is 0.449. The number of unbranched alkanes of at least 4 members (excludes halogenated alkanes) is 1. The molecule has 1 N–H and O–H groups in total. The van der Waals surface area contributed by atoms with E-state index in [1.54, 1.807) is 18.3 Å². The lowest BCUT2D eigenvalue weighted by Crippen LogP contribution is -2.24. The zero-order chi connectivity index (χ0) is 19.6. The topological polar surface area (TPSA) is 77.6 Å². The maximum Gasteiger partial charge on any atom is 0.294 e. The summed E-state index contributed by atoms with van der Waals surface area (Å²) in [4.78, 5) is 29.0. The number of methoxy groups -OCH3 is 1. The van der Waals surface area contributed by atoms with E-state index in [4.69, 9.17) is 4.74 Å². The van der Waals surface area contributed by atoms with E-state index in [0.29, 0.717) is 18.0 Å². The average Bonchev–Trinajstić information content (AvgIpc) is 3.09. The number of carbonyl (C=O) groups is 1. The largest absolute Gasteiger partial charge is 0.497 e. The van der Waals surface area contributed by atoms with Crippen LogP contribution in [0.15, 0.2) is 35.4 Å². The second-order valence-corrected chi connectivity index (χ2v) is 6.19. The van der Waals surface area contributed by atoms with Crippen LogP contribution in [0.25, 0.3) is 16.9 Å². The van der Waals surface area contributed by atoms with Gasteiger partial charge >= 0.3 is 0 Å². The summed E-state index contributed by atoms with van der Waals surface area (Å²) in [6.07, 6.45) is 4.88. The van der Waals surface area contributed by atoms with Gasteiger partial charge in [-0.3, -0.25) is 14.0 Å². The number of carbonyl (C=O) groups excluding carboxylic acids is 1. The summed E-state index contributed by atoms with van der Waals surface area (Å²) in [6, 6.07) is 4.42. The predicted molar refractivity (Wildman–Crippen MR) is 99.6 cm³/mol. The Bertz CT molecular complexity index is 1060. The number of halogens is 1. The fraction of sp³-hybridized carbons (Fsp3) is 0.316. The van der Waals surface area contributed by atoms with Crippen molar-refractivity contribution in [3.63, 3.8) is 0 Å². The summed E-state index contributed by atoms with van der Waals surface area (Å²) in [5.74, 6) is -0.469. The molecule has 2 aromatic heterocycles. The Labute approximate surface area is 155 Å². The van der Waals surface area contributed by atoms with Gasteiger partial charge < -0.3 is 14.6 Å². The Morgan fingerprint density at radius 1 is 1.33 bits per heavy atom. The van der Waals surface area contributed by atoms with Crippen LogP contribution < -0.4 is 15.6 Å². The lowest BCUT2D eigenvalue weighted by Gasteiger charge is -2.11. The van der Waals surface area contributed by atoms with E-state index in [1.165, 1.54) is 35.4 Å². The first-order valence-corrected chi connectivity index (χ1v) is 8.67. The number of rotatable bonds is 6. The van der Waals surface area contributed by atoms with Gasteiger partial charge in [0.2, 0.25) is 5.65 Å². The molecule has 0 unspecified atom stereocenters. The molecule has 3 aromatic rings. The zero-order valence-corrected chi connectivity index (χ0v) is 15.5. The fourth-order valence-corrected chi connectivity index (χ4v) is 2.79. The van der Waals surface area contributed by atoms with Crippen molar-refractivity contribution in [1.82, 2.24) is 19.3 Å². The normalized spacial score (nSPS) is 11.0. The number of fused-ring (bicyclic) bond motifs is 1. The highest BCUT2D eigenvalue weighted by molar-refractivity contribution is 5.92. The summed E-state index contributed by atoms with van der Waals surface area (Å²) in [5, 5.41) is 2.77. The standard InChI is InChI=1S/C19H21FN4O3/c1-4-5-8-21-18(25)15-10-24-11-16(23(2)19(26)17(24)22-15)13-7-6-12(27-3)9-14(13)20/h6-7,9-11H,4-5,8H2,1-3H3,(H,21,25). The predicted octanol–water partition coefficient (Wildman–Crippen LogP) is 2.38. The summed E-state index contributed by atoms with van der Waals surface area (Å²) in [7, 11) is 2.99. The minimum atomic E-state index is -0.513. The number of imidazole rings is 1. The molecule has 0 spiro atoms. The SMILES string of the molecule is CCCCNC(=O)c1cn2cc(-c3ccc(OC)cc3F)n(C)c(=O)c2n1. The zero-order valence-electron chi connectivity index (χ0n) is 15.5. The third-order valence-corrected chi connectivity index (χ3v) is 4.35. The van der Waals surface area contributed by atoms with E-state index in [0.717, 1.165) is 12.8 Å². The van der Waals surface area contributed by atoms with E-state index in [-0.39, 0.29) is 22.8 Å². The molecule has 0 aliphatic carbocycles. The highest BCUT2D eigenvalue weighted by atomic mass is 19.1. The first kappa shape index (κ1) is 18.6. The van der Waals surface area contributed by atoms with Gasteiger partial charge in [0, 0.05) is 37.6 Å². The van der Waals surface area contributed by atoms with Crippen LogP contribution in [-0.4, -0.2) is 33.5 Å². The first-order chi connectivity index (χ1) is 13.0. The monoisotopic (exact) mass is 372 g/mol. The van der Waals surface area contributed by atoms with Crippen LogP contribution in [0.4, 0.5) is 4.39 Å². The van der Waals surface area contributed by atoms with Gasteiger partial charge in [0.05, 0.1) is 12.8 Å². The van der Waals surface area contributed by atoms with Crippen molar-refractivity contribution in [2.45, 2.75) is 19.8 Å². The van der Waals surface area contributed by atoms with E-state index in [9.17, 15) is 14.0 Å². The number of aromatic nitrogens is 3. The van der Waals surface area contributed by atoms with Crippen molar-refractivity contribution in [3.8, 4) is 17.0 Å². The number of ether oxygens (including phenoxy) is 1. The van der Waals surface area contributed by atoms with Gasteiger partial charge in [0.1, 0.15) is 17.3 Å². The lowest BCUT2D eigenvalue weighted by atomic mass is 10.1. The van der Waals surface area contributed by atoms with Gasteiger partial charge in [-0.05, 0) is 18.6 Å². The van der Waals surface area contributed by atoms with Crippen LogP contribution in [0.1, 0.15) is 30.3 Å². The van der Waals surface area contributed by atoms with Crippen LogP contribution in [0, 0.1) is 5.82 Å². The molecule has 0 aliphatic rings. The minimum Gasteiger partial charge on any atom is -0.497 e.